The summed E-state index contributed by atoms with van der Waals surface area (Å²) in [5, 5.41) is 3.39. The van der Waals surface area contributed by atoms with Crippen LogP contribution in [0.1, 0.15) is 51.0 Å². The van der Waals surface area contributed by atoms with Crippen LogP contribution >= 0.6 is 0 Å². The fraction of sp³-hybridized carbons (Fsp3) is 0.682. The number of benzene rings is 1. The van der Waals surface area contributed by atoms with E-state index in [0.29, 0.717) is 18.4 Å². The van der Waals surface area contributed by atoms with Gasteiger partial charge in [0.2, 0.25) is 5.91 Å². The van der Waals surface area contributed by atoms with Crippen molar-refractivity contribution >= 4 is 5.91 Å². The lowest BCUT2D eigenvalue weighted by atomic mass is 9.90. The number of amides is 1. The van der Waals surface area contributed by atoms with Gasteiger partial charge in [0.05, 0.1) is 6.61 Å². The van der Waals surface area contributed by atoms with Gasteiger partial charge in [0.15, 0.2) is 0 Å². The fourth-order valence-corrected chi connectivity index (χ4v) is 4.21. The average Bonchev–Trinajstić information content (AvgIpc) is 3.20. The lowest BCUT2D eigenvalue weighted by molar-refractivity contribution is -0.132. The van der Waals surface area contributed by atoms with Crippen molar-refractivity contribution in [2.24, 2.45) is 11.8 Å². The molecule has 0 aromatic heterocycles. The predicted octanol–water partition coefficient (Wildman–Crippen LogP) is 3.65. The van der Waals surface area contributed by atoms with Gasteiger partial charge < -0.3 is 15.0 Å². The molecule has 3 rings (SSSR count). The van der Waals surface area contributed by atoms with E-state index < -0.39 is 0 Å². The van der Waals surface area contributed by atoms with Crippen LogP contribution in [0, 0.1) is 11.8 Å². The molecule has 0 radical (unpaired) electrons. The van der Waals surface area contributed by atoms with E-state index in [2.05, 4.69) is 34.5 Å². The minimum Gasteiger partial charge on any atom is -0.494 e. The van der Waals surface area contributed by atoms with Gasteiger partial charge in [0.25, 0.3) is 0 Å². The van der Waals surface area contributed by atoms with Crippen LogP contribution in [0.25, 0.3) is 0 Å². The quantitative estimate of drug-likeness (QED) is 0.771. The fourth-order valence-electron chi connectivity index (χ4n) is 4.21. The van der Waals surface area contributed by atoms with Crippen molar-refractivity contribution in [1.29, 1.82) is 0 Å². The molecule has 0 spiro atoms. The van der Waals surface area contributed by atoms with E-state index in [-0.39, 0.29) is 0 Å². The van der Waals surface area contributed by atoms with Gasteiger partial charge in [-0.15, -0.1) is 0 Å². The zero-order valence-corrected chi connectivity index (χ0v) is 16.2. The van der Waals surface area contributed by atoms with E-state index in [4.69, 9.17) is 4.74 Å². The van der Waals surface area contributed by atoms with Crippen LogP contribution in [-0.4, -0.2) is 43.6 Å². The average molecular weight is 359 g/mol. The summed E-state index contributed by atoms with van der Waals surface area (Å²) in [4.78, 5) is 14.5. The molecule has 1 amide bonds. The summed E-state index contributed by atoms with van der Waals surface area (Å²) in [6.45, 7) is 6.86. The van der Waals surface area contributed by atoms with Crippen molar-refractivity contribution < 1.29 is 9.53 Å². The molecule has 1 N–H and O–H groups in total. The summed E-state index contributed by atoms with van der Waals surface area (Å²) in [6.07, 6.45) is 7.71. The first-order valence-corrected chi connectivity index (χ1v) is 10.4. The topological polar surface area (TPSA) is 41.6 Å². The second-order valence-corrected chi connectivity index (χ2v) is 7.84. The lowest BCUT2D eigenvalue weighted by Gasteiger charge is -2.32. The smallest absolute Gasteiger partial charge is 0.222 e. The van der Waals surface area contributed by atoms with Gasteiger partial charge >= 0.3 is 0 Å². The molecule has 2 aliphatic heterocycles. The van der Waals surface area contributed by atoms with Crippen molar-refractivity contribution in [3.05, 3.63) is 29.8 Å². The molecule has 1 aromatic rings. The Morgan fingerprint density at radius 2 is 1.88 bits per heavy atom. The molecule has 2 aliphatic rings. The summed E-state index contributed by atoms with van der Waals surface area (Å²) in [5.74, 6) is 2.80. The number of ether oxygens (including phenoxy) is 1. The Balaban J connectivity index is 1.33. The molecule has 26 heavy (non-hydrogen) atoms. The SMILES string of the molecule is CCOc1ccc(CCC2CCN(C(=O)CCC3CCNC3)CC2)cc1. The summed E-state index contributed by atoms with van der Waals surface area (Å²) in [6, 6.07) is 8.50. The maximum Gasteiger partial charge on any atom is 0.222 e. The summed E-state index contributed by atoms with van der Waals surface area (Å²) >= 11 is 0. The standard InChI is InChI=1S/C22H34N2O2/c1-2-26-21-8-5-18(6-9-21)3-4-19-12-15-24(16-13-19)22(25)10-7-20-11-14-23-17-20/h5-6,8-9,19-20,23H,2-4,7,10-17H2,1H3. The molecule has 1 atom stereocenters. The molecule has 0 aliphatic carbocycles. The van der Waals surface area contributed by atoms with Crippen molar-refractivity contribution in [3.63, 3.8) is 0 Å². The Kier molecular flexibility index (Phi) is 7.36. The first-order chi connectivity index (χ1) is 12.7. The van der Waals surface area contributed by atoms with Crippen LogP contribution in [0.2, 0.25) is 0 Å². The van der Waals surface area contributed by atoms with Gasteiger partial charge in [-0.05, 0) is 88.1 Å². The molecule has 2 fully saturated rings. The van der Waals surface area contributed by atoms with Gasteiger partial charge in [0, 0.05) is 19.5 Å². The summed E-state index contributed by atoms with van der Waals surface area (Å²) in [5.41, 5.74) is 1.39. The molecule has 4 heteroatoms. The van der Waals surface area contributed by atoms with Gasteiger partial charge in [-0.3, -0.25) is 4.79 Å². The number of hydrogen-bond donors (Lipinski definition) is 1. The molecular weight excluding hydrogens is 324 g/mol. The maximum absolute atomic E-state index is 12.4. The normalized spacial score (nSPS) is 21.1. The Labute approximate surface area is 158 Å². The van der Waals surface area contributed by atoms with E-state index >= 15 is 0 Å². The highest BCUT2D eigenvalue weighted by atomic mass is 16.5. The van der Waals surface area contributed by atoms with Crippen LogP contribution < -0.4 is 10.1 Å². The summed E-state index contributed by atoms with van der Waals surface area (Å²) < 4.78 is 5.50. The van der Waals surface area contributed by atoms with Gasteiger partial charge in [-0.25, -0.2) is 0 Å². The van der Waals surface area contributed by atoms with Crippen LogP contribution in [0.3, 0.4) is 0 Å². The highest BCUT2D eigenvalue weighted by molar-refractivity contribution is 5.76. The predicted molar refractivity (Wildman–Crippen MR) is 105 cm³/mol. The molecule has 144 valence electrons. The highest BCUT2D eigenvalue weighted by Gasteiger charge is 2.23. The third-order valence-electron chi connectivity index (χ3n) is 5.97. The number of likely N-dealkylation sites (tertiary alicyclic amines) is 1. The van der Waals surface area contributed by atoms with Crippen LogP contribution in [0.4, 0.5) is 0 Å². The number of rotatable bonds is 8. The Morgan fingerprint density at radius 1 is 1.12 bits per heavy atom. The first-order valence-electron chi connectivity index (χ1n) is 10.4. The number of hydrogen-bond acceptors (Lipinski definition) is 3. The van der Waals surface area contributed by atoms with Crippen LogP contribution in [0.15, 0.2) is 24.3 Å². The monoisotopic (exact) mass is 358 g/mol. The molecule has 0 saturated carbocycles. The number of piperidine rings is 1. The van der Waals surface area contributed by atoms with E-state index in [1.54, 1.807) is 0 Å². The Hall–Kier alpha value is -1.55. The van der Waals surface area contributed by atoms with Crippen LogP contribution in [-0.2, 0) is 11.2 Å². The Bertz CT molecular complexity index is 544. The van der Waals surface area contributed by atoms with E-state index in [1.165, 1.54) is 18.4 Å². The minimum atomic E-state index is 0.377. The second kappa shape index (κ2) is 9.96. The first kappa shape index (κ1) is 19.2. The van der Waals surface area contributed by atoms with Crippen molar-refractivity contribution in [3.8, 4) is 5.75 Å². The molecule has 4 nitrogen and oxygen atoms in total. The molecule has 1 aromatic carbocycles. The number of carbonyl (C=O) groups is 1. The minimum absolute atomic E-state index is 0.377. The maximum atomic E-state index is 12.4. The molecule has 2 heterocycles. The zero-order valence-electron chi connectivity index (χ0n) is 16.2. The highest BCUT2D eigenvalue weighted by Crippen LogP contribution is 2.24. The van der Waals surface area contributed by atoms with Crippen molar-refractivity contribution in [2.75, 3.05) is 32.8 Å². The molecule has 0 bridgehead atoms. The zero-order chi connectivity index (χ0) is 18.2. The molecule has 1 unspecified atom stereocenters. The van der Waals surface area contributed by atoms with Gasteiger partial charge in [-0.2, -0.15) is 0 Å². The van der Waals surface area contributed by atoms with E-state index in [9.17, 15) is 4.79 Å². The molecular formula is C22H34N2O2. The lowest BCUT2D eigenvalue weighted by Crippen LogP contribution is -2.38. The third-order valence-corrected chi connectivity index (χ3v) is 5.97. The number of nitrogens with zero attached hydrogens (tertiary/aromatic N) is 1. The molecule has 2 saturated heterocycles. The third kappa shape index (κ3) is 5.73. The number of nitrogens with one attached hydrogen (secondary N) is 1. The van der Waals surface area contributed by atoms with E-state index in [1.807, 2.05) is 6.92 Å². The van der Waals surface area contributed by atoms with Gasteiger partial charge in [0.1, 0.15) is 5.75 Å². The summed E-state index contributed by atoms with van der Waals surface area (Å²) in [7, 11) is 0. The Morgan fingerprint density at radius 3 is 2.54 bits per heavy atom. The van der Waals surface area contributed by atoms with Gasteiger partial charge in [-0.1, -0.05) is 12.1 Å². The van der Waals surface area contributed by atoms with Crippen LogP contribution in [0.5, 0.6) is 5.75 Å². The largest absolute Gasteiger partial charge is 0.494 e. The van der Waals surface area contributed by atoms with Crippen molar-refractivity contribution in [1.82, 2.24) is 10.2 Å². The number of aryl methyl sites for hydroxylation is 1. The second-order valence-electron chi connectivity index (χ2n) is 7.84. The van der Waals surface area contributed by atoms with E-state index in [0.717, 1.165) is 70.0 Å². The van der Waals surface area contributed by atoms with Crippen molar-refractivity contribution in [2.45, 2.75) is 51.9 Å². The number of carbonyl (C=O) groups excluding carboxylic acids is 1.